The first kappa shape index (κ1) is 52.6. The molecule has 0 fully saturated rings. The van der Waals surface area contributed by atoms with Crippen LogP contribution in [0.1, 0.15) is 99.8 Å². The van der Waals surface area contributed by atoms with Gasteiger partial charge in [0.2, 0.25) is 5.91 Å². The largest absolute Gasteiger partial charge is 0.481 e. The van der Waals surface area contributed by atoms with E-state index in [1.807, 2.05) is 19.1 Å². The first-order valence-corrected chi connectivity index (χ1v) is 20.5. The Kier molecular flexibility index (Phi) is 18.8. The van der Waals surface area contributed by atoms with Crippen LogP contribution in [0.4, 0.5) is 48.5 Å². The van der Waals surface area contributed by atoms with Gasteiger partial charge in [0.05, 0.1) is 18.9 Å². The van der Waals surface area contributed by atoms with Gasteiger partial charge in [-0.05, 0) is 135 Å². The first-order valence-electron chi connectivity index (χ1n) is 20.5. The van der Waals surface area contributed by atoms with E-state index >= 15 is 0 Å². The van der Waals surface area contributed by atoms with Gasteiger partial charge in [-0.1, -0.05) is 39.0 Å². The number of carbonyl (C=O) groups is 6. The number of aliphatic carboxylic acids is 1. The van der Waals surface area contributed by atoms with Crippen molar-refractivity contribution in [1.82, 2.24) is 0 Å². The second-order valence-corrected chi connectivity index (χ2v) is 18.2. The summed E-state index contributed by atoms with van der Waals surface area (Å²) < 4.78 is 20.2. The molecule has 0 bridgehead atoms. The van der Waals surface area contributed by atoms with Gasteiger partial charge >= 0.3 is 30.2 Å². The summed E-state index contributed by atoms with van der Waals surface area (Å²) in [5.74, 6) is -1.96. The van der Waals surface area contributed by atoms with Crippen LogP contribution in [0.5, 0.6) is 0 Å². The Morgan fingerprint density at radius 1 is 0.683 bits per heavy atom. The quantitative estimate of drug-likeness (QED) is 0.0602. The number of rotatable bonds is 9. The highest BCUT2D eigenvalue weighted by Gasteiger charge is 2.24. The highest BCUT2D eigenvalue weighted by molar-refractivity contribution is 5.97. The van der Waals surface area contributed by atoms with Crippen molar-refractivity contribution in [3.63, 3.8) is 0 Å². The number of carboxylic acid groups (broad SMARTS) is 1. The molecule has 3 atom stereocenters. The van der Waals surface area contributed by atoms with E-state index in [0.717, 1.165) is 22.4 Å². The number of nitrogen functional groups attached to an aromatic ring is 2. The van der Waals surface area contributed by atoms with Crippen molar-refractivity contribution in [3.05, 3.63) is 71.3 Å². The highest BCUT2D eigenvalue weighted by atomic mass is 16.6. The molecule has 17 nitrogen and oxygen atoms in total. The van der Waals surface area contributed by atoms with E-state index in [0.29, 0.717) is 47.7 Å². The molecule has 1 heterocycles. The van der Waals surface area contributed by atoms with E-state index in [4.69, 9.17) is 35.5 Å². The number of methoxy groups -OCH3 is 1. The van der Waals surface area contributed by atoms with Gasteiger partial charge in [0.1, 0.15) is 16.8 Å². The number of anilines is 6. The third kappa shape index (κ3) is 19.8. The van der Waals surface area contributed by atoms with Gasteiger partial charge in [0.25, 0.3) is 0 Å². The molecule has 0 spiro atoms. The van der Waals surface area contributed by atoms with Crippen molar-refractivity contribution in [2.75, 3.05) is 39.8 Å². The monoisotopic (exact) mass is 878 g/mol. The van der Waals surface area contributed by atoms with Gasteiger partial charge in [0.15, 0.2) is 0 Å². The predicted molar refractivity (Wildman–Crippen MR) is 245 cm³/mol. The Hall–Kier alpha value is -6.52. The number of fused-ring (bicyclic) bond motifs is 1. The Bertz CT molecular complexity index is 2100. The van der Waals surface area contributed by atoms with Crippen LogP contribution in [-0.4, -0.2) is 65.1 Å². The average Bonchev–Trinajstić information content (AvgIpc) is 3.12. The lowest BCUT2D eigenvalue weighted by Crippen LogP contribution is -2.28. The molecular formula is C46H66N6O11. The summed E-state index contributed by atoms with van der Waals surface area (Å²) in [5, 5.41) is 19.6. The maximum atomic E-state index is 11.7. The topological polar surface area (TPSA) is 260 Å². The van der Waals surface area contributed by atoms with Crippen LogP contribution >= 0.6 is 0 Å². The van der Waals surface area contributed by atoms with E-state index in [1.165, 1.54) is 7.11 Å². The fourth-order valence-corrected chi connectivity index (χ4v) is 5.64. The zero-order valence-electron chi connectivity index (χ0n) is 38.7. The third-order valence-electron chi connectivity index (χ3n) is 8.65. The second kappa shape index (κ2) is 22.5. The summed E-state index contributed by atoms with van der Waals surface area (Å²) in [4.78, 5) is 69.0. The molecule has 1 aliphatic heterocycles. The normalized spacial score (nSPS) is 14.2. The van der Waals surface area contributed by atoms with Crippen LogP contribution in [0.25, 0.3) is 0 Å². The molecule has 17 heteroatoms. The maximum absolute atomic E-state index is 11.7. The summed E-state index contributed by atoms with van der Waals surface area (Å²) in [6, 6.07) is 15.6. The lowest BCUT2D eigenvalue weighted by molar-refractivity contribution is -0.145. The molecule has 3 unspecified atom stereocenters. The van der Waals surface area contributed by atoms with Gasteiger partial charge < -0.3 is 40.8 Å². The van der Waals surface area contributed by atoms with E-state index in [1.54, 1.807) is 119 Å². The number of carbonyl (C=O) groups excluding carboxylic acids is 5. The van der Waals surface area contributed by atoms with Crippen LogP contribution in [0.3, 0.4) is 0 Å². The number of benzene rings is 3. The standard InChI is InChI=1S/C16H24N2O4.C15H22N2O4.C15H20N2O3/c1-10(14(19)21-5)8-11-6-7-12(9-13(11)17)18-15(20)22-16(2,3)4;1-9(13(18)19)7-10-5-6-11(8-12(10)16)17-14(20)21-15(2,3)4;1-9-7-10-5-6-11(8-12(10)17-13(9)18)16-14(19)20-15(2,3)4/h6-7,9-10H,8,17H2,1-5H3,(H,18,20);5-6,8-9H,7,16H2,1-4H3,(H,17,20)(H,18,19);5-6,8-9H,7H2,1-4H3,(H,16,19)(H,17,18). The zero-order valence-corrected chi connectivity index (χ0v) is 38.7. The van der Waals surface area contributed by atoms with Crippen molar-refractivity contribution in [2.45, 2.75) is 119 Å². The van der Waals surface area contributed by atoms with Crippen LogP contribution < -0.4 is 32.7 Å². The number of amides is 4. The summed E-state index contributed by atoms with van der Waals surface area (Å²) >= 11 is 0. The van der Waals surface area contributed by atoms with Gasteiger partial charge in [-0.15, -0.1) is 0 Å². The molecular weight excluding hydrogens is 813 g/mol. The van der Waals surface area contributed by atoms with E-state index < -0.39 is 47.0 Å². The summed E-state index contributed by atoms with van der Waals surface area (Å²) in [7, 11) is 1.36. The summed E-state index contributed by atoms with van der Waals surface area (Å²) in [5.41, 5.74) is 16.2. The summed E-state index contributed by atoms with van der Waals surface area (Å²) in [6.07, 6.45) is -0.0726. The average molecular weight is 879 g/mol. The maximum Gasteiger partial charge on any atom is 0.412 e. The smallest absolute Gasteiger partial charge is 0.412 e. The van der Waals surface area contributed by atoms with Crippen LogP contribution in [-0.2, 0) is 52.6 Å². The van der Waals surface area contributed by atoms with Crippen molar-refractivity contribution >= 4 is 70.2 Å². The Balaban J connectivity index is 0.000000325. The predicted octanol–water partition coefficient (Wildman–Crippen LogP) is 9.01. The van der Waals surface area contributed by atoms with Gasteiger partial charge in [-0.3, -0.25) is 30.3 Å². The SMILES string of the molecule is CC(Cc1ccc(NC(=O)OC(C)(C)C)cc1N)C(=O)O.CC1Cc2ccc(NC(=O)OC(C)(C)C)cc2NC1=O.COC(=O)C(C)Cc1ccc(NC(=O)OC(C)(C)C)cc1N. The van der Waals surface area contributed by atoms with Crippen molar-refractivity contribution < 1.29 is 52.8 Å². The molecule has 9 N–H and O–H groups in total. The number of nitrogens with two attached hydrogens (primary N) is 2. The molecule has 0 radical (unpaired) electrons. The van der Waals surface area contributed by atoms with E-state index in [2.05, 4.69) is 21.3 Å². The molecule has 1 aliphatic rings. The van der Waals surface area contributed by atoms with E-state index in [-0.39, 0.29) is 23.7 Å². The lowest BCUT2D eigenvalue weighted by atomic mass is 9.94. The minimum atomic E-state index is -0.870. The number of carboxylic acids is 1. The zero-order chi connectivity index (χ0) is 48.0. The first-order chi connectivity index (χ1) is 28.9. The Morgan fingerprint density at radius 2 is 1.06 bits per heavy atom. The van der Waals surface area contributed by atoms with Gasteiger partial charge in [-0.2, -0.15) is 0 Å². The van der Waals surface area contributed by atoms with Crippen molar-refractivity contribution in [2.24, 2.45) is 17.8 Å². The lowest BCUT2D eigenvalue weighted by Gasteiger charge is -2.23. The molecule has 3 aromatic carbocycles. The number of hydrogen-bond acceptors (Lipinski definition) is 12. The van der Waals surface area contributed by atoms with Gasteiger partial charge in [0, 0.05) is 40.0 Å². The second-order valence-electron chi connectivity index (χ2n) is 18.2. The summed E-state index contributed by atoms with van der Waals surface area (Å²) in [6.45, 7) is 21.4. The number of esters is 1. The highest BCUT2D eigenvalue weighted by Crippen LogP contribution is 2.29. The molecule has 4 rings (SSSR count). The molecule has 0 aromatic heterocycles. The number of hydrogen-bond donors (Lipinski definition) is 7. The Labute approximate surface area is 370 Å². The van der Waals surface area contributed by atoms with Gasteiger partial charge in [-0.25, -0.2) is 14.4 Å². The molecule has 0 aliphatic carbocycles. The molecule has 63 heavy (non-hydrogen) atoms. The van der Waals surface area contributed by atoms with Crippen molar-refractivity contribution in [1.29, 1.82) is 0 Å². The van der Waals surface area contributed by atoms with Crippen LogP contribution in [0.2, 0.25) is 0 Å². The minimum absolute atomic E-state index is 0.00641. The number of ether oxygens (including phenoxy) is 4. The van der Waals surface area contributed by atoms with Crippen molar-refractivity contribution in [3.8, 4) is 0 Å². The molecule has 346 valence electrons. The van der Waals surface area contributed by atoms with Crippen LogP contribution in [0.15, 0.2) is 54.6 Å². The number of nitrogens with one attached hydrogen (secondary N) is 4. The fourth-order valence-electron chi connectivity index (χ4n) is 5.64. The van der Waals surface area contributed by atoms with Crippen LogP contribution in [0, 0.1) is 17.8 Å². The minimum Gasteiger partial charge on any atom is -0.481 e. The molecule has 4 amide bonds. The Morgan fingerprint density at radius 3 is 1.43 bits per heavy atom. The third-order valence-corrected chi connectivity index (χ3v) is 8.65. The molecule has 3 aromatic rings. The molecule has 0 saturated carbocycles. The van der Waals surface area contributed by atoms with E-state index in [9.17, 15) is 28.8 Å². The fraction of sp³-hybridized carbons (Fsp3) is 0.478. The molecule has 0 saturated heterocycles.